The Morgan fingerprint density at radius 1 is 1.17 bits per heavy atom. The van der Waals surface area contributed by atoms with E-state index < -0.39 is 0 Å². The molecule has 7 nitrogen and oxygen atoms in total. The lowest BCUT2D eigenvalue weighted by molar-refractivity contribution is -0.116. The number of nitrogens with zero attached hydrogens (tertiary/aromatic N) is 4. The van der Waals surface area contributed by atoms with Crippen molar-refractivity contribution in [3.05, 3.63) is 65.3 Å². The minimum Gasteiger partial charge on any atom is -0.339 e. The number of hydrogen-bond acceptors (Lipinski definition) is 7. The molecule has 152 valence electrons. The number of pyridine rings is 1. The first-order valence-corrected chi connectivity index (χ1v) is 10.5. The summed E-state index contributed by atoms with van der Waals surface area (Å²) in [5.41, 5.74) is 2.52. The Morgan fingerprint density at radius 3 is 2.77 bits per heavy atom. The molecule has 3 aromatic heterocycles. The normalized spacial score (nSPS) is 10.9. The molecule has 0 aliphatic rings. The summed E-state index contributed by atoms with van der Waals surface area (Å²) >= 11 is 7.31. The molecule has 0 radical (unpaired) electrons. The van der Waals surface area contributed by atoms with Crippen molar-refractivity contribution in [1.29, 1.82) is 0 Å². The van der Waals surface area contributed by atoms with Crippen molar-refractivity contribution in [2.24, 2.45) is 0 Å². The van der Waals surface area contributed by atoms with Crippen LogP contribution in [-0.4, -0.2) is 26.0 Å². The molecule has 1 N–H and O–H groups in total. The van der Waals surface area contributed by atoms with E-state index in [-0.39, 0.29) is 5.91 Å². The molecule has 0 aliphatic heterocycles. The average molecular weight is 440 g/mol. The van der Waals surface area contributed by atoms with Gasteiger partial charge in [0.1, 0.15) is 0 Å². The van der Waals surface area contributed by atoms with Crippen LogP contribution in [0.15, 0.2) is 53.2 Å². The molecule has 1 aromatic carbocycles. The summed E-state index contributed by atoms with van der Waals surface area (Å²) in [6, 6.07) is 12.9. The number of benzene rings is 1. The van der Waals surface area contributed by atoms with E-state index in [0.29, 0.717) is 41.1 Å². The van der Waals surface area contributed by atoms with Crippen LogP contribution in [-0.2, 0) is 11.2 Å². The quantitative estimate of drug-likeness (QED) is 0.426. The maximum atomic E-state index is 12.3. The van der Waals surface area contributed by atoms with Gasteiger partial charge in [-0.3, -0.25) is 9.78 Å². The van der Waals surface area contributed by atoms with Gasteiger partial charge in [0.15, 0.2) is 5.13 Å². The lowest BCUT2D eigenvalue weighted by atomic mass is 10.2. The third kappa shape index (κ3) is 4.90. The van der Waals surface area contributed by atoms with Crippen LogP contribution in [0.5, 0.6) is 0 Å². The Kier molecular flexibility index (Phi) is 6.15. The molecule has 4 aromatic rings. The summed E-state index contributed by atoms with van der Waals surface area (Å²) in [7, 11) is 0. The van der Waals surface area contributed by atoms with Crippen LogP contribution in [0.2, 0.25) is 5.02 Å². The second-order valence-corrected chi connectivity index (χ2v) is 8.00. The van der Waals surface area contributed by atoms with Crippen molar-refractivity contribution in [3.63, 3.8) is 0 Å². The van der Waals surface area contributed by atoms with Gasteiger partial charge in [-0.2, -0.15) is 4.98 Å². The number of thiazole rings is 1. The molecule has 9 heteroatoms. The Morgan fingerprint density at radius 2 is 2.00 bits per heavy atom. The van der Waals surface area contributed by atoms with Gasteiger partial charge in [0, 0.05) is 29.6 Å². The van der Waals surface area contributed by atoms with Crippen LogP contribution in [0.3, 0.4) is 0 Å². The molecule has 0 fully saturated rings. The summed E-state index contributed by atoms with van der Waals surface area (Å²) in [5, 5.41) is 8.06. The summed E-state index contributed by atoms with van der Waals surface area (Å²) < 4.78 is 5.27. The van der Waals surface area contributed by atoms with E-state index in [1.54, 1.807) is 18.3 Å². The van der Waals surface area contributed by atoms with Gasteiger partial charge in [-0.05, 0) is 49.7 Å². The maximum Gasteiger partial charge on any atom is 0.226 e. The molecule has 0 bridgehead atoms. The molecule has 30 heavy (non-hydrogen) atoms. The highest BCUT2D eigenvalue weighted by Crippen LogP contribution is 2.31. The first kappa shape index (κ1) is 20.2. The van der Waals surface area contributed by atoms with Crippen LogP contribution in [0.4, 0.5) is 5.13 Å². The monoisotopic (exact) mass is 439 g/mol. The van der Waals surface area contributed by atoms with Crippen LogP contribution in [0, 0.1) is 6.92 Å². The minimum atomic E-state index is -0.103. The van der Waals surface area contributed by atoms with E-state index in [1.165, 1.54) is 11.3 Å². The average Bonchev–Trinajstić information content (AvgIpc) is 3.36. The Hall–Kier alpha value is -3.10. The SMILES string of the molecule is Cc1nc(NC(=O)CCCc2nc(-c3ccc(Cl)cc3)no2)sc1-c1ccccn1. The highest BCUT2D eigenvalue weighted by Gasteiger charge is 2.14. The number of carbonyl (C=O) groups excluding carboxylic acids is 1. The summed E-state index contributed by atoms with van der Waals surface area (Å²) in [6.07, 6.45) is 3.18. The lowest BCUT2D eigenvalue weighted by Gasteiger charge is -2.00. The Bertz CT molecular complexity index is 1140. The van der Waals surface area contributed by atoms with Crippen molar-refractivity contribution in [2.45, 2.75) is 26.2 Å². The van der Waals surface area contributed by atoms with Crippen LogP contribution < -0.4 is 5.32 Å². The van der Waals surface area contributed by atoms with Crippen molar-refractivity contribution in [3.8, 4) is 22.0 Å². The number of nitrogens with one attached hydrogen (secondary N) is 1. The number of anilines is 1. The van der Waals surface area contributed by atoms with Gasteiger partial charge < -0.3 is 9.84 Å². The third-order valence-corrected chi connectivity index (χ3v) is 5.65. The number of aryl methyl sites for hydroxylation is 2. The maximum absolute atomic E-state index is 12.3. The number of hydrogen-bond donors (Lipinski definition) is 1. The molecule has 0 saturated heterocycles. The molecule has 3 heterocycles. The number of aromatic nitrogens is 4. The third-order valence-electron chi connectivity index (χ3n) is 4.31. The Balaban J connectivity index is 1.29. The molecular formula is C21H18ClN5O2S. The standard InChI is InChI=1S/C21H18ClN5O2S/c1-13-19(16-5-2-3-12-23-16)30-21(24-13)25-17(28)6-4-7-18-26-20(27-29-18)14-8-10-15(22)11-9-14/h2-3,5,8-12H,4,6-7H2,1H3,(H,24,25,28). The van der Waals surface area contributed by atoms with Gasteiger partial charge in [-0.15, -0.1) is 0 Å². The second kappa shape index (κ2) is 9.15. The van der Waals surface area contributed by atoms with E-state index in [1.807, 2.05) is 37.3 Å². The first-order chi connectivity index (χ1) is 14.6. The molecule has 0 saturated carbocycles. The minimum absolute atomic E-state index is 0.103. The van der Waals surface area contributed by atoms with Crippen molar-refractivity contribution in [1.82, 2.24) is 20.1 Å². The molecule has 1 amide bonds. The van der Waals surface area contributed by atoms with E-state index in [0.717, 1.165) is 21.8 Å². The van der Waals surface area contributed by atoms with Gasteiger partial charge in [0.25, 0.3) is 0 Å². The zero-order valence-electron chi connectivity index (χ0n) is 16.1. The molecular weight excluding hydrogens is 422 g/mol. The van der Waals surface area contributed by atoms with Crippen LogP contribution >= 0.6 is 22.9 Å². The second-order valence-electron chi connectivity index (χ2n) is 6.57. The fourth-order valence-corrected chi connectivity index (χ4v) is 3.92. The molecule has 0 spiro atoms. The van der Waals surface area contributed by atoms with E-state index in [4.69, 9.17) is 16.1 Å². The Labute approximate surface area is 182 Å². The zero-order chi connectivity index (χ0) is 20.9. The lowest BCUT2D eigenvalue weighted by Crippen LogP contribution is -2.11. The van der Waals surface area contributed by atoms with E-state index in [2.05, 4.69) is 25.4 Å². The predicted molar refractivity (Wildman–Crippen MR) is 116 cm³/mol. The van der Waals surface area contributed by atoms with Gasteiger partial charge >= 0.3 is 0 Å². The number of halogens is 1. The fraction of sp³-hybridized carbons (Fsp3) is 0.190. The van der Waals surface area contributed by atoms with Crippen LogP contribution in [0.25, 0.3) is 22.0 Å². The molecule has 0 aliphatic carbocycles. The van der Waals surface area contributed by atoms with Gasteiger partial charge in [-0.1, -0.05) is 34.2 Å². The number of amides is 1. The number of carbonyl (C=O) groups is 1. The fourth-order valence-electron chi connectivity index (χ4n) is 2.84. The predicted octanol–water partition coefficient (Wildman–Crippen LogP) is 5.18. The largest absolute Gasteiger partial charge is 0.339 e. The van der Waals surface area contributed by atoms with Crippen molar-refractivity contribution >= 4 is 34.0 Å². The van der Waals surface area contributed by atoms with Crippen molar-refractivity contribution < 1.29 is 9.32 Å². The summed E-state index contributed by atoms with van der Waals surface area (Å²) in [5.74, 6) is 0.899. The number of rotatable bonds is 7. The van der Waals surface area contributed by atoms with Gasteiger partial charge in [0.2, 0.25) is 17.6 Å². The first-order valence-electron chi connectivity index (χ1n) is 9.36. The van der Waals surface area contributed by atoms with E-state index in [9.17, 15) is 4.79 Å². The van der Waals surface area contributed by atoms with Gasteiger partial charge in [-0.25, -0.2) is 4.98 Å². The highest BCUT2D eigenvalue weighted by atomic mass is 35.5. The van der Waals surface area contributed by atoms with E-state index >= 15 is 0 Å². The zero-order valence-corrected chi connectivity index (χ0v) is 17.7. The highest BCUT2D eigenvalue weighted by molar-refractivity contribution is 7.19. The molecule has 0 unspecified atom stereocenters. The molecule has 0 atom stereocenters. The smallest absolute Gasteiger partial charge is 0.226 e. The molecule has 4 rings (SSSR count). The summed E-state index contributed by atoms with van der Waals surface area (Å²) in [4.78, 5) is 26.4. The topological polar surface area (TPSA) is 93.8 Å². The van der Waals surface area contributed by atoms with Crippen LogP contribution in [0.1, 0.15) is 24.4 Å². The van der Waals surface area contributed by atoms with Gasteiger partial charge in [0.05, 0.1) is 16.3 Å². The van der Waals surface area contributed by atoms with Crippen molar-refractivity contribution in [2.75, 3.05) is 5.32 Å². The summed E-state index contributed by atoms with van der Waals surface area (Å²) in [6.45, 7) is 1.91.